The van der Waals surface area contributed by atoms with Crippen LogP contribution in [0, 0.1) is 12.8 Å². The maximum Gasteiger partial charge on any atom is 0.274 e. The summed E-state index contributed by atoms with van der Waals surface area (Å²) in [6.45, 7) is 7.20. The molecule has 2 aliphatic rings. The normalized spacial score (nSPS) is 20.9. The average molecular weight is 369 g/mol. The number of carbonyl (C=O) groups is 1. The molecule has 0 unspecified atom stereocenters. The lowest BCUT2D eigenvalue weighted by Gasteiger charge is -2.42. The SMILES string of the molecule is Cc1cc(CC2CCCCC2)nc2cc(C(=O)N3CCCCC3(C)C)nn12. The van der Waals surface area contributed by atoms with Crippen molar-refractivity contribution in [2.45, 2.75) is 84.1 Å². The molecule has 1 amide bonds. The first-order valence-corrected chi connectivity index (χ1v) is 10.6. The van der Waals surface area contributed by atoms with Crippen molar-refractivity contribution in [3.63, 3.8) is 0 Å². The van der Waals surface area contributed by atoms with Crippen molar-refractivity contribution >= 4 is 11.6 Å². The first-order chi connectivity index (χ1) is 12.9. The molecule has 0 N–H and O–H groups in total. The lowest BCUT2D eigenvalue weighted by Crippen LogP contribution is -2.50. The minimum absolute atomic E-state index is 0.0402. The van der Waals surface area contributed by atoms with Crippen molar-refractivity contribution in [1.29, 1.82) is 0 Å². The molecule has 1 saturated heterocycles. The number of hydrogen-bond donors (Lipinski definition) is 0. The number of amides is 1. The standard InChI is InChI=1S/C22H32N4O/c1-16-13-18(14-17-9-5-4-6-10-17)23-20-15-19(24-26(16)20)21(27)25-12-8-7-11-22(25,2)3/h13,15,17H,4-12,14H2,1-3H3. The smallest absolute Gasteiger partial charge is 0.274 e. The molecule has 5 nitrogen and oxygen atoms in total. The zero-order valence-corrected chi connectivity index (χ0v) is 17.0. The molecule has 2 fully saturated rings. The Bertz CT molecular complexity index is 832. The average Bonchev–Trinajstić information content (AvgIpc) is 3.06. The number of carbonyl (C=O) groups excluding carboxylic acids is 1. The van der Waals surface area contributed by atoms with Gasteiger partial charge in [-0.1, -0.05) is 32.1 Å². The number of hydrogen-bond acceptors (Lipinski definition) is 3. The van der Waals surface area contributed by atoms with Crippen LogP contribution >= 0.6 is 0 Å². The molecule has 4 rings (SSSR count). The van der Waals surface area contributed by atoms with E-state index >= 15 is 0 Å². The topological polar surface area (TPSA) is 50.5 Å². The maximum atomic E-state index is 13.1. The number of nitrogens with zero attached hydrogens (tertiary/aromatic N) is 4. The van der Waals surface area contributed by atoms with E-state index in [1.54, 1.807) is 0 Å². The van der Waals surface area contributed by atoms with Crippen LogP contribution in [0.4, 0.5) is 0 Å². The molecule has 5 heteroatoms. The molecule has 0 aromatic carbocycles. The van der Waals surface area contributed by atoms with Crippen LogP contribution in [0.5, 0.6) is 0 Å². The molecule has 3 heterocycles. The van der Waals surface area contributed by atoms with E-state index in [0.717, 1.165) is 48.8 Å². The zero-order chi connectivity index (χ0) is 19.0. The molecule has 27 heavy (non-hydrogen) atoms. The van der Waals surface area contributed by atoms with E-state index in [-0.39, 0.29) is 11.4 Å². The van der Waals surface area contributed by atoms with E-state index in [9.17, 15) is 4.79 Å². The first kappa shape index (κ1) is 18.5. The molecule has 0 bridgehead atoms. The van der Waals surface area contributed by atoms with Crippen molar-refractivity contribution < 1.29 is 4.79 Å². The highest BCUT2D eigenvalue weighted by molar-refractivity contribution is 5.94. The Balaban J connectivity index is 1.59. The largest absolute Gasteiger partial charge is 0.332 e. The number of likely N-dealkylation sites (tertiary alicyclic amines) is 1. The Morgan fingerprint density at radius 2 is 1.93 bits per heavy atom. The predicted octanol–water partition coefficient (Wildman–Crippen LogP) is 4.57. The number of rotatable bonds is 3. The Hall–Kier alpha value is -1.91. The number of fused-ring (bicyclic) bond motifs is 1. The molecule has 146 valence electrons. The van der Waals surface area contributed by atoms with Gasteiger partial charge >= 0.3 is 0 Å². The van der Waals surface area contributed by atoms with Gasteiger partial charge in [0.05, 0.1) is 0 Å². The third-order valence-electron chi connectivity index (χ3n) is 6.50. The van der Waals surface area contributed by atoms with Crippen LogP contribution in [0.3, 0.4) is 0 Å². The Morgan fingerprint density at radius 3 is 2.67 bits per heavy atom. The summed E-state index contributed by atoms with van der Waals surface area (Å²) in [6.07, 6.45) is 11.1. The number of piperidine rings is 1. The molecule has 0 spiro atoms. The summed E-state index contributed by atoms with van der Waals surface area (Å²) in [4.78, 5) is 20.0. The van der Waals surface area contributed by atoms with Crippen molar-refractivity contribution in [2.75, 3.05) is 6.54 Å². The van der Waals surface area contributed by atoms with Crippen LogP contribution in [0.1, 0.15) is 87.1 Å². The number of aryl methyl sites for hydroxylation is 1. The van der Waals surface area contributed by atoms with Crippen LogP contribution in [0.2, 0.25) is 0 Å². The summed E-state index contributed by atoms with van der Waals surface area (Å²) >= 11 is 0. The van der Waals surface area contributed by atoms with Gasteiger partial charge in [0, 0.05) is 29.5 Å². The molecule has 1 aliphatic carbocycles. The van der Waals surface area contributed by atoms with Gasteiger partial charge in [-0.25, -0.2) is 9.50 Å². The van der Waals surface area contributed by atoms with Gasteiger partial charge < -0.3 is 4.90 Å². The first-order valence-electron chi connectivity index (χ1n) is 10.6. The maximum absolute atomic E-state index is 13.1. The molecule has 1 aliphatic heterocycles. The van der Waals surface area contributed by atoms with Gasteiger partial charge in [0.1, 0.15) is 0 Å². The summed E-state index contributed by atoms with van der Waals surface area (Å²) in [5.74, 6) is 0.796. The van der Waals surface area contributed by atoms with Gasteiger partial charge in [0.25, 0.3) is 5.91 Å². The van der Waals surface area contributed by atoms with Crippen LogP contribution in [-0.2, 0) is 6.42 Å². The van der Waals surface area contributed by atoms with E-state index in [0.29, 0.717) is 5.69 Å². The van der Waals surface area contributed by atoms with Crippen LogP contribution in [-0.4, -0.2) is 37.5 Å². The fraction of sp³-hybridized carbons (Fsp3) is 0.682. The second-order valence-corrected chi connectivity index (χ2v) is 9.12. The minimum Gasteiger partial charge on any atom is -0.332 e. The summed E-state index contributed by atoms with van der Waals surface area (Å²) < 4.78 is 1.83. The quantitative estimate of drug-likeness (QED) is 0.798. The van der Waals surface area contributed by atoms with Crippen LogP contribution in [0.15, 0.2) is 12.1 Å². The van der Waals surface area contributed by atoms with Gasteiger partial charge in [-0.15, -0.1) is 0 Å². The molecule has 2 aromatic heterocycles. The van der Waals surface area contributed by atoms with Crippen molar-refractivity contribution in [3.8, 4) is 0 Å². The van der Waals surface area contributed by atoms with Crippen molar-refractivity contribution in [3.05, 3.63) is 29.2 Å². The Kier molecular flexibility index (Phi) is 4.95. The fourth-order valence-corrected chi connectivity index (χ4v) is 4.87. The second kappa shape index (κ2) is 7.25. The minimum atomic E-state index is -0.0975. The predicted molar refractivity (Wildman–Crippen MR) is 107 cm³/mol. The third kappa shape index (κ3) is 3.74. The molecule has 0 atom stereocenters. The molecular formula is C22H32N4O. The number of aromatic nitrogens is 3. The molecule has 0 radical (unpaired) electrons. The summed E-state index contributed by atoms with van der Waals surface area (Å²) in [7, 11) is 0. The van der Waals surface area contributed by atoms with Gasteiger partial charge in [-0.2, -0.15) is 5.10 Å². The Labute approximate surface area is 162 Å². The van der Waals surface area contributed by atoms with Gasteiger partial charge in [-0.05, 0) is 58.4 Å². The summed E-state index contributed by atoms with van der Waals surface area (Å²) in [6, 6.07) is 4.03. The lowest BCUT2D eigenvalue weighted by molar-refractivity contribution is 0.0427. The van der Waals surface area contributed by atoms with E-state index in [2.05, 4.69) is 31.9 Å². The van der Waals surface area contributed by atoms with Crippen LogP contribution < -0.4 is 0 Å². The Morgan fingerprint density at radius 1 is 1.15 bits per heavy atom. The summed E-state index contributed by atoms with van der Waals surface area (Å²) in [5, 5.41) is 4.60. The van der Waals surface area contributed by atoms with E-state index in [4.69, 9.17) is 4.98 Å². The van der Waals surface area contributed by atoms with Crippen molar-refractivity contribution in [2.24, 2.45) is 5.92 Å². The zero-order valence-electron chi connectivity index (χ0n) is 17.0. The highest BCUT2D eigenvalue weighted by Gasteiger charge is 2.34. The molecule has 2 aromatic rings. The van der Waals surface area contributed by atoms with E-state index < -0.39 is 0 Å². The monoisotopic (exact) mass is 368 g/mol. The van der Waals surface area contributed by atoms with Gasteiger partial charge in [-0.3, -0.25) is 4.79 Å². The lowest BCUT2D eigenvalue weighted by atomic mass is 9.86. The van der Waals surface area contributed by atoms with E-state index in [1.807, 2.05) is 15.5 Å². The summed E-state index contributed by atoms with van der Waals surface area (Å²) in [5.41, 5.74) is 3.43. The molecular weight excluding hydrogens is 336 g/mol. The van der Waals surface area contributed by atoms with Gasteiger partial charge in [0.2, 0.25) is 0 Å². The van der Waals surface area contributed by atoms with E-state index in [1.165, 1.54) is 38.5 Å². The van der Waals surface area contributed by atoms with Gasteiger partial charge in [0.15, 0.2) is 11.3 Å². The van der Waals surface area contributed by atoms with Crippen LogP contribution in [0.25, 0.3) is 5.65 Å². The fourth-order valence-electron chi connectivity index (χ4n) is 4.87. The highest BCUT2D eigenvalue weighted by Crippen LogP contribution is 2.29. The second-order valence-electron chi connectivity index (χ2n) is 9.12. The van der Waals surface area contributed by atoms with Crippen molar-refractivity contribution in [1.82, 2.24) is 19.5 Å². The third-order valence-corrected chi connectivity index (χ3v) is 6.50. The molecule has 1 saturated carbocycles. The highest BCUT2D eigenvalue weighted by atomic mass is 16.2.